The van der Waals surface area contributed by atoms with Gasteiger partial charge in [0, 0.05) is 5.38 Å². The Morgan fingerprint density at radius 2 is 2.10 bits per heavy atom. The number of hydrogen-bond donors (Lipinski definition) is 1. The number of anilines is 1. The van der Waals surface area contributed by atoms with Crippen molar-refractivity contribution in [2.75, 3.05) is 11.8 Å². The Bertz CT molecular complexity index is 748. The lowest BCUT2D eigenvalue weighted by Gasteiger charge is -2.04. The summed E-state index contributed by atoms with van der Waals surface area (Å²) >= 11 is 2.04. The fourth-order valence-corrected chi connectivity index (χ4v) is 4.68. The Hall–Kier alpha value is -1.52. The number of sulfonamides is 1. The molecule has 0 bridgehead atoms. The molecule has 0 saturated heterocycles. The lowest BCUT2D eigenvalue weighted by atomic mass is 10.2. The molecule has 1 N–H and O–H groups in total. The summed E-state index contributed by atoms with van der Waals surface area (Å²) in [5.74, 6) is -0.591. The number of nitrogens with zero attached hydrogens (tertiary/aromatic N) is 2. The molecule has 10 heteroatoms. The number of rotatable bonds is 5. The number of carbonyl (C=O) groups excluding carboxylic acids is 1. The lowest BCUT2D eigenvalue weighted by Crippen LogP contribution is -2.16. The number of esters is 1. The van der Waals surface area contributed by atoms with Crippen molar-refractivity contribution in [1.82, 2.24) is 9.97 Å². The number of carbonyl (C=O) groups is 1. The van der Waals surface area contributed by atoms with E-state index in [1.807, 2.05) is 13.8 Å². The molecule has 2 rings (SSSR count). The molecule has 0 amide bonds. The van der Waals surface area contributed by atoms with Crippen LogP contribution < -0.4 is 4.72 Å². The van der Waals surface area contributed by atoms with Crippen LogP contribution in [0.15, 0.2) is 15.1 Å². The van der Waals surface area contributed by atoms with E-state index in [1.165, 1.54) is 24.0 Å². The molecule has 0 saturated carbocycles. The molecule has 21 heavy (non-hydrogen) atoms. The second kappa shape index (κ2) is 6.08. The molecule has 0 aliphatic rings. The average Bonchev–Trinajstić information content (AvgIpc) is 3.05. The maximum Gasteiger partial charge on any atom is 0.358 e. The summed E-state index contributed by atoms with van der Waals surface area (Å²) in [7, 11) is -2.75. The van der Waals surface area contributed by atoms with E-state index in [9.17, 15) is 13.2 Å². The third kappa shape index (κ3) is 3.39. The van der Waals surface area contributed by atoms with Gasteiger partial charge in [-0.15, -0.1) is 22.7 Å². The standard InChI is InChI=1S/C11H13N3O4S3/c1-6(2)7-4-19-11(13-7)14-21(16,17)10-8(9(15)18-3)12-5-20-10/h4-6H,1-3H3,(H,13,14). The molecule has 0 aromatic carbocycles. The van der Waals surface area contributed by atoms with E-state index in [-0.39, 0.29) is 21.0 Å². The third-order valence-corrected chi connectivity index (χ3v) is 6.11. The first-order valence-corrected chi connectivity index (χ1v) is 9.09. The Morgan fingerprint density at radius 3 is 2.67 bits per heavy atom. The normalized spacial score (nSPS) is 11.6. The number of nitrogens with one attached hydrogen (secondary N) is 1. The van der Waals surface area contributed by atoms with Crippen molar-refractivity contribution < 1.29 is 17.9 Å². The van der Waals surface area contributed by atoms with Gasteiger partial charge >= 0.3 is 5.97 Å². The Labute approximate surface area is 130 Å². The summed E-state index contributed by atoms with van der Waals surface area (Å²) in [6.45, 7) is 3.93. The van der Waals surface area contributed by atoms with Gasteiger partial charge < -0.3 is 4.74 Å². The third-order valence-electron chi connectivity index (χ3n) is 2.49. The Morgan fingerprint density at radius 1 is 1.38 bits per heavy atom. The molecule has 0 fully saturated rings. The van der Waals surface area contributed by atoms with Crippen molar-refractivity contribution in [3.05, 3.63) is 22.3 Å². The van der Waals surface area contributed by atoms with Crippen molar-refractivity contribution in [3.8, 4) is 0 Å². The summed E-state index contributed by atoms with van der Waals surface area (Å²) in [5, 5.41) is 2.04. The van der Waals surface area contributed by atoms with Crippen molar-refractivity contribution in [2.24, 2.45) is 0 Å². The summed E-state index contributed by atoms with van der Waals surface area (Å²) in [6.07, 6.45) is 0. The predicted octanol–water partition coefficient (Wildman–Crippen LogP) is 2.31. The summed E-state index contributed by atoms with van der Waals surface area (Å²) in [4.78, 5) is 19.4. The first-order chi connectivity index (χ1) is 9.85. The summed E-state index contributed by atoms with van der Waals surface area (Å²) < 4.78 is 31.3. The van der Waals surface area contributed by atoms with Crippen LogP contribution in [-0.2, 0) is 14.8 Å². The topological polar surface area (TPSA) is 98.2 Å². The first kappa shape index (κ1) is 15.9. The van der Waals surface area contributed by atoms with Crippen LogP contribution in [-0.4, -0.2) is 31.5 Å². The minimum absolute atomic E-state index is 0.185. The highest BCUT2D eigenvalue weighted by Crippen LogP contribution is 2.27. The van der Waals surface area contributed by atoms with E-state index in [2.05, 4.69) is 19.4 Å². The molecule has 7 nitrogen and oxygen atoms in total. The second-order valence-corrected chi connectivity index (χ2v) is 7.91. The fraction of sp³-hybridized carbons (Fsp3) is 0.364. The molecular formula is C11H13N3O4S3. The van der Waals surface area contributed by atoms with Gasteiger partial charge in [-0.25, -0.2) is 23.2 Å². The molecule has 0 atom stereocenters. The number of methoxy groups -OCH3 is 1. The number of hydrogen-bond acceptors (Lipinski definition) is 8. The van der Waals surface area contributed by atoms with E-state index in [4.69, 9.17) is 0 Å². The number of thiazole rings is 2. The highest BCUT2D eigenvalue weighted by Gasteiger charge is 2.27. The molecule has 0 radical (unpaired) electrons. The number of ether oxygens (including phenoxy) is 1. The molecule has 2 aromatic heterocycles. The van der Waals surface area contributed by atoms with Gasteiger partial charge in [0.15, 0.2) is 15.0 Å². The number of aromatic nitrogens is 2. The first-order valence-electron chi connectivity index (χ1n) is 5.85. The van der Waals surface area contributed by atoms with Crippen LogP contribution in [0.5, 0.6) is 0 Å². The van der Waals surface area contributed by atoms with Crippen LogP contribution in [0.2, 0.25) is 0 Å². The van der Waals surface area contributed by atoms with Crippen LogP contribution in [0.4, 0.5) is 5.13 Å². The van der Waals surface area contributed by atoms with Gasteiger partial charge in [-0.05, 0) is 5.92 Å². The van der Waals surface area contributed by atoms with Crippen LogP contribution >= 0.6 is 22.7 Å². The molecule has 0 aliphatic heterocycles. The van der Waals surface area contributed by atoms with Gasteiger partial charge in [0.25, 0.3) is 10.0 Å². The quantitative estimate of drug-likeness (QED) is 0.833. The highest BCUT2D eigenvalue weighted by molar-refractivity contribution is 7.94. The van der Waals surface area contributed by atoms with Gasteiger partial charge in [-0.3, -0.25) is 4.72 Å². The van der Waals surface area contributed by atoms with Crippen molar-refractivity contribution in [1.29, 1.82) is 0 Å². The molecule has 0 unspecified atom stereocenters. The molecular weight excluding hydrogens is 334 g/mol. The van der Waals surface area contributed by atoms with Crippen LogP contribution in [0.1, 0.15) is 35.9 Å². The molecule has 2 aromatic rings. The monoisotopic (exact) mass is 347 g/mol. The zero-order valence-electron chi connectivity index (χ0n) is 11.5. The van der Waals surface area contributed by atoms with Gasteiger partial charge in [0.05, 0.1) is 18.3 Å². The Balaban J connectivity index is 2.30. The maximum absolute atomic E-state index is 12.3. The van der Waals surface area contributed by atoms with Crippen LogP contribution in [0.3, 0.4) is 0 Å². The summed E-state index contributed by atoms with van der Waals surface area (Å²) in [6, 6.07) is 0. The van der Waals surface area contributed by atoms with Crippen LogP contribution in [0.25, 0.3) is 0 Å². The molecule has 2 heterocycles. The maximum atomic E-state index is 12.3. The lowest BCUT2D eigenvalue weighted by molar-refractivity contribution is 0.0590. The van der Waals surface area contributed by atoms with E-state index < -0.39 is 16.0 Å². The van der Waals surface area contributed by atoms with Crippen molar-refractivity contribution >= 4 is 43.8 Å². The minimum Gasteiger partial charge on any atom is -0.464 e. The van der Waals surface area contributed by atoms with Crippen molar-refractivity contribution in [2.45, 2.75) is 24.0 Å². The van der Waals surface area contributed by atoms with Gasteiger partial charge in [-0.1, -0.05) is 13.8 Å². The zero-order valence-corrected chi connectivity index (χ0v) is 13.9. The zero-order chi connectivity index (χ0) is 15.6. The minimum atomic E-state index is -3.92. The SMILES string of the molecule is COC(=O)c1ncsc1S(=O)(=O)Nc1nc(C(C)C)cs1. The van der Waals surface area contributed by atoms with E-state index in [0.717, 1.165) is 17.0 Å². The van der Waals surface area contributed by atoms with Gasteiger partial charge in [0.1, 0.15) is 0 Å². The molecule has 0 aliphatic carbocycles. The van der Waals surface area contributed by atoms with E-state index in [1.54, 1.807) is 5.38 Å². The average molecular weight is 347 g/mol. The molecule has 114 valence electrons. The molecule has 0 spiro atoms. The van der Waals surface area contributed by atoms with E-state index >= 15 is 0 Å². The summed E-state index contributed by atoms with van der Waals surface area (Å²) in [5.41, 5.74) is 1.85. The van der Waals surface area contributed by atoms with Gasteiger partial charge in [-0.2, -0.15) is 0 Å². The van der Waals surface area contributed by atoms with Crippen molar-refractivity contribution in [3.63, 3.8) is 0 Å². The fourth-order valence-electron chi connectivity index (χ4n) is 1.42. The Kier molecular flexibility index (Phi) is 4.59. The van der Waals surface area contributed by atoms with Gasteiger partial charge in [0.2, 0.25) is 0 Å². The van der Waals surface area contributed by atoms with E-state index in [0.29, 0.717) is 0 Å². The highest BCUT2D eigenvalue weighted by atomic mass is 32.2. The van der Waals surface area contributed by atoms with Crippen LogP contribution in [0, 0.1) is 0 Å². The smallest absolute Gasteiger partial charge is 0.358 e. The largest absolute Gasteiger partial charge is 0.464 e. The second-order valence-electron chi connectivity index (χ2n) is 4.32. The predicted molar refractivity (Wildman–Crippen MR) is 80.5 cm³/mol.